The van der Waals surface area contributed by atoms with Crippen LogP contribution in [0.15, 0.2) is 24.4 Å². The Bertz CT molecular complexity index is 593. The Kier molecular flexibility index (Phi) is 4.17. The first-order valence-corrected chi connectivity index (χ1v) is 6.71. The first kappa shape index (κ1) is 14.2. The average molecular weight is 275 g/mol. The zero-order valence-electron chi connectivity index (χ0n) is 12.3. The van der Waals surface area contributed by atoms with Crippen LogP contribution in [0.4, 0.5) is 5.69 Å². The van der Waals surface area contributed by atoms with Crippen molar-refractivity contribution in [2.24, 2.45) is 7.05 Å². The highest BCUT2D eigenvalue weighted by atomic mass is 16.5. The van der Waals surface area contributed by atoms with Crippen molar-refractivity contribution < 1.29 is 9.84 Å². The molecule has 0 aliphatic carbocycles. The maximum atomic E-state index is 10.1. The lowest BCUT2D eigenvalue weighted by atomic mass is 10.1. The van der Waals surface area contributed by atoms with E-state index in [1.165, 1.54) is 0 Å². The number of benzene rings is 1. The SMILES string of the molecule is CCc1nn(C)cc1NC(C)c1ccc(OC)cc1O. The number of phenols is 1. The summed E-state index contributed by atoms with van der Waals surface area (Å²) in [6, 6.07) is 5.32. The van der Waals surface area contributed by atoms with Gasteiger partial charge in [0.05, 0.1) is 24.5 Å². The number of aromatic hydroxyl groups is 1. The quantitative estimate of drug-likeness (QED) is 0.881. The van der Waals surface area contributed by atoms with Crippen molar-refractivity contribution in [3.63, 3.8) is 0 Å². The Morgan fingerprint density at radius 3 is 2.80 bits per heavy atom. The summed E-state index contributed by atoms with van der Waals surface area (Å²) in [5.74, 6) is 0.875. The fraction of sp³-hybridized carbons (Fsp3) is 0.400. The number of nitrogens with zero attached hydrogens (tertiary/aromatic N) is 2. The van der Waals surface area contributed by atoms with Gasteiger partial charge < -0.3 is 15.2 Å². The van der Waals surface area contributed by atoms with Crippen LogP contribution in [0, 0.1) is 0 Å². The molecular weight excluding hydrogens is 254 g/mol. The molecule has 0 spiro atoms. The van der Waals surface area contributed by atoms with Crippen LogP contribution < -0.4 is 10.1 Å². The van der Waals surface area contributed by atoms with Crippen LogP contribution in [0.1, 0.15) is 31.1 Å². The van der Waals surface area contributed by atoms with Crippen molar-refractivity contribution in [3.8, 4) is 11.5 Å². The maximum absolute atomic E-state index is 10.1. The second-order valence-electron chi connectivity index (χ2n) is 4.81. The number of aryl methyl sites for hydroxylation is 2. The van der Waals surface area contributed by atoms with Crippen molar-refractivity contribution in [1.82, 2.24) is 9.78 Å². The molecule has 0 bridgehead atoms. The Labute approximate surface area is 119 Å². The van der Waals surface area contributed by atoms with E-state index in [-0.39, 0.29) is 11.8 Å². The third-order valence-corrected chi connectivity index (χ3v) is 3.32. The molecule has 0 aliphatic rings. The molecule has 1 atom stereocenters. The Balaban J connectivity index is 2.21. The molecule has 0 radical (unpaired) electrons. The summed E-state index contributed by atoms with van der Waals surface area (Å²) in [7, 11) is 3.49. The molecular formula is C15H21N3O2. The van der Waals surface area contributed by atoms with Crippen LogP contribution in [-0.4, -0.2) is 22.0 Å². The molecule has 0 saturated heterocycles. The van der Waals surface area contributed by atoms with E-state index < -0.39 is 0 Å². The highest BCUT2D eigenvalue weighted by Gasteiger charge is 2.14. The Morgan fingerprint density at radius 2 is 2.20 bits per heavy atom. The molecule has 5 heteroatoms. The van der Waals surface area contributed by atoms with E-state index in [0.717, 1.165) is 23.4 Å². The Hall–Kier alpha value is -2.17. The minimum Gasteiger partial charge on any atom is -0.507 e. The summed E-state index contributed by atoms with van der Waals surface area (Å²) in [5.41, 5.74) is 2.85. The van der Waals surface area contributed by atoms with E-state index in [1.54, 1.807) is 17.9 Å². The number of nitrogens with one attached hydrogen (secondary N) is 1. The molecule has 2 aromatic rings. The van der Waals surface area contributed by atoms with Crippen LogP contribution in [0.5, 0.6) is 11.5 Å². The predicted molar refractivity (Wildman–Crippen MR) is 79.3 cm³/mol. The number of ether oxygens (including phenoxy) is 1. The topological polar surface area (TPSA) is 59.3 Å². The summed E-state index contributed by atoms with van der Waals surface area (Å²) in [6.07, 6.45) is 2.82. The van der Waals surface area contributed by atoms with Gasteiger partial charge >= 0.3 is 0 Å². The number of methoxy groups -OCH3 is 1. The standard InChI is InChI=1S/C15H21N3O2/c1-5-13-14(9-18(3)17-13)16-10(2)12-7-6-11(20-4)8-15(12)19/h6-10,16,19H,5H2,1-4H3. The third kappa shape index (κ3) is 2.87. The number of phenolic OH excluding ortho intramolecular Hbond substituents is 1. The van der Waals surface area contributed by atoms with Gasteiger partial charge in [-0.1, -0.05) is 6.92 Å². The van der Waals surface area contributed by atoms with Gasteiger partial charge in [0.1, 0.15) is 11.5 Å². The number of aromatic nitrogens is 2. The zero-order chi connectivity index (χ0) is 14.7. The van der Waals surface area contributed by atoms with Crippen molar-refractivity contribution in [1.29, 1.82) is 0 Å². The van der Waals surface area contributed by atoms with Crippen molar-refractivity contribution in [2.45, 2.75) is 26.3 Å². The predicted octanol–water partition coefficient (Wildman–Crippen LogP) is 2.87. The van der Waals surface area contributed by atoms with Crippen molar-refractivity contribution >= 4 is 5.69 Å². The molecule has 2 N–H and O–H groups in total. The molecule has 1 heterocycles. The van der Waals surface area contributed by atoms with Crippen LogP contribution in [0.3, 0.4) is 0 Å². The van der Waals surface area contributed by atoms with Gasteiger partial charge in [0, 0.05) is 24.9 Å². The van der Waals surface area contributed by atoms with Gasteiger partial charge in [0.15, 0.2) is 0 Å². The number of anilines is 1. The van der Waals surface area contributed by atoms with Gasteiger partial charge in [-0.3, -0.25) is 4.68 Å². The Morgan fingerprint density at radius 1 is 1.45 bits per heavy atom. The minimum atomic E-state index is -0.0181. The molecule has 108 valence electrons. The van der Waals surface area contributed by atoms with Crippen LogP contribution >= 0.6 is 0 Å². The fourth-order valence-corrected chi connectivity index (χ4v) is 2.24. The summed E-state index contributed by atoms with van der Waals surface area (Å²) in [4.78, 5) is 0. The number of hydrogen-bond donors (Lipinski definition) is 2. The molecule has 0 saturated carbocycles. The van der Waals surface area contributed by atoms with E-state index in [9.17, 15) is 5.11 Å². The maximum Gasteiger partial charge on any atom is 0.124 e. The van der Waals surface area contributed by atoms with E-state index in [2.05, 4.69) is 17.3 Å². The monoisotopic (exact) mass is 275 g/mol. The minimum absolute atomic E-state index is 0.0181. The van der Waals surface area contributed by atoms with Gasteiger partial charge in [-0.15, -0.1) is 0 Å². The lowest BCUT2D eigenvalue weighted by Gasteiger charge is -2.17. The fourth-order valence-electron chi connectivity index (χ4n) is 2.24. The molecule has 1 aromatic heterocycles. The van der Waals surface area contributed by atoms with Crippen molar-refractivity contribution in [3.05, 3.63) is 35.7 Å². The number of rotatable bonds is 5. The van der Waals surface area contributed by atoms with Gasteiger partial charge in [0.2, 0.25) is 0 Å². The molecule has 0 aliphatic heterocycles. The van der Waals surface area contributed by atoms with E-state index in [4.69, 9.17) is 4.74 Å². The lowest BCUT2D eigenvalue weighted by Crippen LogP contribution is -2.07. The molecule has 2 rings (SSSR count). The third-order valence-electron chi connectivity index (χ3n) is 3.32. The van der Waals surface area contributed by atoms with Crippen LogP contribution in [-0.2, 0) is 13.5 Å². The number of hydrogen-bond acceptors (Lipinski definition) is 4. The second kappa shape index (κ2) is 5.86. The molecule has 20 heavy (non-hydrogen) atoms. The van der Waals surface area contributed by atoms with E-state index in [1.807, 2.05) is 32.3 Å². The smallest absolute Gasteiger partial charge is 0.124 e. The molecule has 5 nitrogen and oxygen atoms in total. The van der Waals surface area contributed by atoms with Gasteiger partial charge in [0.25, 0.3) is 0 Å². The van der Waals surface area contributed by atoms with Gasteiger partial charge in [-0.25, -0.2) is 0 Å². The summed E-state index contributed by atoms with van der Waals surface area (Å²) >= 11 is 0. The largest absolute Gasteiger partial charge is 0.507 e. The first-order valence-electron chi connectivity index (χ1n) is 6.71. The normalized spacial score (nSPS) is 12.2. The van der Waals surface area contributed by atoms with Crippen LogP contribution in [0.2, 0.25) is 0 Å². The second-order valence-corrected chi connectivity index (χ2v) is 4.81. The van der Waals surface area contributed by atoms with E-state index in [0.29, 0.717) is 5.75 Å². The average Bonchev–Trinajstić information content (AvgIpc) is 2.78. The molecule has 0 fully saturated rings. The van der Waals surface area contributed by atoms with Gasteiger partial charge in [-0.05, 0) is 25.5 Å². The molecule has 1 aromatic carbocycles. The highest BCUT2D eigenvalue weighted by molar-refractivity contribution is 5.51. The highest BCUT2D eigenvalue weighted by Crippen LogP contribution is 2.31. The summed E-state index contributed by atoms with van der Waals surface area (Å²) < 4.78 is 6.89. The van der Waals surface area contributed by atoms with Gasteiger partial charge in [-0.2, -0.15) is 5.10 Å². The van der Waals surface area contributed by atoms with Crippen LogP contribution in [0.25, 0.3) is 0 Å². The molecule has 1 unspecified atom stereocenters. The van der Waals surface area contributed by atoms with E-state index >= 15 is 0 Å². The van der Waals surface area contributed by atoms with Crippen molar-refractivity contribution in [2.75, 3.05) is 12.4 Å². The summed E-state index contributed by atoms with van der Waals surface area (Å²) in [5, 5.41) is 17.9. The zero-order valence-corrected chi connectivity index (χ0v) is 12.3. The molecule has 0 amide bonds. The first-order chi connectivity index (χ1) is 9.55. The lowest BCUT2D eigenvalue weighted by molar-refractivity contribution is 0.406. The summed E-state index contributed by atoms with van der Waals surface area (Å²) in [6.45, 7) is 4.08.